The van der Waals surface area contributed by atoms with Crippen LogP contribution in [0, 0.1) is 20.8 Å². The van der Waals surface area contributed by atoms with Crippen LogP contribution in [0.1, 0.15) is 29.3 Å². The fourth-order valence-electron chi connectivity index (χ4n) is 2.27. The normalized spacial score (nSPS) is 10.7. The van der Waals surface area contributed by atoms with E-state index in [1.54, 1.807) is 0 Å². The monoisotopic (exact) mass is 242 g/mol. The first-order valence-electron chi connectivity index (χ1n) is 6.19. The van der Waals surface area contributed by atoms with Crippen LogP contribution in [-0.2, 0) is 6.42 Å². The van der Waals surface area contributed by atoms with Crippen LogP contribution in [0.2, 0.25) is 0 Å². The van der Waals surface area contributed by atoms with Crippen molar-refractivity contribution in [3.05, 3.63) is 50.9 Å². The molecule has 0 unspecified atom stereocenters. The maximum atomic E-state index is 11.9. The Hall–Kier alpha value is -1.90. The number of hydrogen-bond acceptors (Lipinski definition) is 2. The van der Waals surface area contributed by atoms with Gasteiger partial charge in [0.15, 0.2) is 0 Å². The zero-order valence-electron chi connectivity index (χ0n) is 11.3. The molecule has 1 aromatic carbocycles. The van der Waals surface area contributed by atoms with Gasteiger partial charge in [0.1, 0.15) is 5.82 Å². The van der Waals surface area contributed by atoms with E-state index in [9.17, 15) is 4.79 Å². The van der Waals surface area contributed by atoms with E-state index in [1.807, 2.05) is 39.8 Å². The van der Waals surface area contributed by atoms with Gasteiger partial charge in [0.2, 0.25) is 0 Å². The number of nitrogens with one attached hydrogen (secondary N) is 1. The summed E-state index contributed by atoms with van der Waals surface area (Å²) in [4.78, 5) is 19.3. The molecule has 1 aromatic heterocycles. The van der Waals surface area contributed by atoms with E-state index in [4.69, 9.17) is 0 Å². The molecule has 2 rings (SSSR count). The molecule has 0 aliphatic heterocycles. The second kappa shape index (κ2) is 4.77. The Kier molecular flexibility index (Phi) is 3.32. The zero-order valence-corrected chi connectivity index (χ0v) is 11.3. The SMILES string of the molecule is CCc1c(C)nc(-c2cc(C)cc(C)c2)[nH]c1=O. The van der Waals surface area contributed by atoms with Gasteiger partial charge in [0.05, 0.1) is 0 Å². The smallest absolute Gasteiger partial charge is 0.254 e. The van der Waals surface area contributed by atoms with Crippen LogP contribution >= 0.6 is 0 Å². The van der Waals surface area contributed by atoms with Gasteiger partial charge < -0.3 is 4.98 Å². The molecule has 0 saturated heterocycles. The number of aromatic amines is 1. The number of H-pyrrole nitrogens is 1. The first kappa shape index (κ1) is 12.6. The molecule has 0 atom stereocenters. The number of aryl methyl sites for hydroxylation is 3. The summed E-state index contributed by atoms with van der Waals surface area (Å²) in [6.45, 7) is 7.94. The molecule has 3 heteroatoms. The van der Waals surface area contributed by atoms with Crippen molar-refractivity contribution in [2.45, 2.75) is 34.1 Å². The lowest BCUT2D eigenvalue weighted by Gasteiger charge is -2.07. The average Bonchev–Trinajstić information content (AvgIpc) is 2.27. The van der Waals surface area contributed by atoms with Crippen molar-refractivity contribution in [1.82, 2.24) is 9.97 Å². The summed E-state index contributed by atoms with van der Waals surface area (Å²) in [6.07, 6.45) is 0.710. The predicted octanol–water partition coefficient (Wildman–Crippen LogP) is 2.92. The first-order chi connectivity index (χ1) is 8.51. The molecule has 0 bridgehead atoms. The van der Waals surface area contributed by atoms with Crippen LogP contribution in [0.15, 0.2) is 23.0 Å². The molecule has 0 aliphatic carbocycles. The summed E-state index contributed by atoms with van der Waals surface area (Å²) >= 11 is 0. The van der Waals surface area contributed by atoms with Crippen LogP contribution in [-0.4, -0.2) is 9.97 Å². The fraction of sp³-hybridized carbons (Fsp3) is 0.333. The van der Waals surface area contributed by atoms with Gasteiger partial charge in [0.25, 0.3) is 5.56 Å². The second-order valence-corrected chi connectivity index (χ2v) is 4.71. The third-order valence-electron chi connectivity index (χ3n) is 3.07. The highest BCUT2D eigenvalue weighted by atomic mass is 16.1. The van der Waals surface area contributed by atoms with E-state index in [0.29, 0.717) is 12.2 Å². The Bertz CT molecular complexity index is 621. The lowest BCUT2D eigenvalue weighted by molar-refractivity contribution is 0.967. The third kappa shape index (κ3) is 2.35. The minimum absolute atomic E-state index is 0.0286. The zero-order chi connectivity index (χ0) is 13.3. The quantitative estimate of drug-likeness (QED) is 0.880. The Morgan fingerprint density at radius 1 is 1.11 bits per heavy atom. The van der Waals surface area contributed by atoms with E-state index in [0.717, 1.165) is 16.8 Å². The van der Waals surface area contributed by atoms with Gasteiger partial charge in [-0.1, -0.05) is 24.1 Å². The highest BCUT2D eigenvalue weighted by Gasteiger charge is 2.08. The molecule has 3 nitrogen and oxygen atoms in total. The molecule has 0 fully saturated rings. The van der Waals surface area contributed by atoms with Gasteiger partial charge in [-0.2, -0.15) is 0 Å². The van der Waals surface area contributed by atoms with E-state index >= 15 is 0 Å². The van der Waals surface area contributed by atoms with Crippen LogP contribution in [0.5, 0.6) is 0 Å². The third-order valence-corrected chi connectivity index (χ3v) is 3.07. The van der Waals surface area contributed by atoms with E-state index in [1.165, 1.54) is 11.1 Å². The molecule has 1 heterocycles. The minimum atomic E-state index is -0.0286. The Morgan fingerprint density at radius 3 is 2.22 bits per heavy atom. The highest BCUT2D eigenvalue weighted by molar-refractivity contribution is 5.57. The van der Waals surface area contributed by atoms with E-state index in [2.05, 4.69) is 16.0 Å². The van der Waals surface area contributed by atoms with Crippen molar-refractivity contribution in [1.29, 1.82) is 0 Å². The summed E-state index contributed by atoms with van der Waals surface area (Å²) in [5.74, 6) is 0.654. The average molecular weight is 242 g/mol. The maximum Gasteiger partial charge on any atom is 0.254 e. The van der Waals surface area contributed by atoms with Crippen LogP contribution in [0.25, 0.3) is 11.4 Å². The summed E-state index contributed by atoms with van der Waals surface area (Å²) in [7, 11) is 0. The van der Waals surface area contributed by atoms with Crippen LogP contribution in [0.3, 0.4) is 0 Å². The molecule has 0 radical (unpaired) electrons. The summed E-state index contributed by atoms with van der Waals surface area (Å²) in [5, 5.41) is 0. The molecule has 18 heavy (non-hydrogen) atoms. The van der Waals surface area contributed by atoms with E-state index < -0.39 is 0 Å². The molecular formula is C15H18N2O. The molecule has 2 aromatic rings. The predicted molar refractivity (Wildman–Crippen MR) is 73.9 cm³/mol. The van der Waals surface area contributed by atoms with E-state index in [-0.39, 0.29) is 5.56 Å². The standard InChI is InChI=1S/C15H18N2O/c1-5-13-11(4)16-14(17-15(13)18)12-7-9(2)6-10(3)8-12/h6-8H,5H2,1-4H3,(H,16,17,18). The van der Waals surface area contributed by atoms with Gasteiger partial charge >= 0.3 is 0 Å². The molecular weight excluding hydrogens is 224 g/mol. The van der Waals surface area contributed by atoms with Gasteiger partial charge in [-0.3, -0.25) is 4.79 Å². The van der Waals surface area contributed by atoms with Gasteiger partial charge in [0, 0.05) is 16.8 Å². The number of hydrogen-bond donors (Lipinski definition) is 1. The van der Waals surface area contributed by atoms with Crippen molar-refractivity contribution < 1.29 is 0 Å². The maximum absolute atomic E-state index is 11.9. The lowest BCUT2D eigenvalue weighted by atomic mass is 10.1. The van der Waals surface area contributed by atoms with Crippen molar-refractivity contribution in [3.8, 4) is 11.4 Å². The van der Waals surface area contributed by atoms with Gasteiger partial charge in [-0.25, -0.2) is 4.98 Å². The Balaban J connectivity index is 2.61. The Labute approximate surface area is 107 Å². The summed E-state index contributed by atoms with van der Waals surface area (Å²) in [6, 6.07) is 6.18. The molecule has 94 valence electrons. The first-order valence-corrected chi connectivity index (χ1v) is 6.19. The Morgan fingerprint density at radius 2 is 1.72 bits per heavy atom. The molecule has 0 saturated carbocycles. The fourth-order valence-corrected chi connectivity index (χ4v) is 2.27. The number of benzene rings is 1. The van der Waals surface area contributed by atoms with Crippen LogP contribution in [0.4, 0.5) is 0 Å². The topological polar surface area (TPSA) is 45.8 Å². The number of nitrogens with zero attached hydrogens (tertiary/aromatic N) is 1. The largest absolute Gasteiger partial charge is 0.306 e. The number of aromatic nitrogens is 2. The number of rotatable bonds is 2. The van der Waals surface area contributed by atoms with Crippen molar-refractivity contribution in [3.63, 3.8) is 0 Å². The van der Waals surface area contributed by atoms with Crippen LogP contribution < -0.4 is 5.56 Å². The van der Waals surface area contributed by atoms with Crippen molar-refractivity contribution in [2.24, 2.45) is 0 Å². The molecule has 0 amide bonds. The highest BCUT2D eigenvalue weighted by Crippen LogP contribution is 2.18. The lowest BCUT2D eigenvalue weighted by Crippen LogP contribution is -2.16. The minimum Gasteiger partial charge on any atom is -0.306 e. The molecule has 0 spiro atoms. The van der Waals surface area contributed by atoms with Crippen molar-refractivity contribution in [2.75, 3.05) is 0 Å². The van der Waals surface area contributed by atoms with Crippen molar-refractivity contribution >= 4 is 0 Å². The summed E-state index contributed by atoms with van der Waals surface area (Å²) < 4.78 is 0. The van der Waals surface area contributed by atoms with Gasteiger partial charge in [-0.05, 0) is 39.3 Å². The molecule has 1 N–H and O–H groups in total. The van der Waals surface area contributed by atoms with Gasteiger partial charge in [-0.15, -0.1) is 0 Å². The second-order valence-electron chi connectivity index (χ2n) is 4.71. The summed E-state index contributed by atoms with van der Waals surface area (Å²) in [5.41, 5.74) is 4.86. The molecule has 0 aliphatic rings.